The number of hydrogen-bond donors (Lipinski definition) is 0. The second-order valence-corrected chi connectivity index (χ2v) is 5.46. The second-order valence-electron chi connectivity index (χ2n) is 4.55. The number of aromatic nitrogens is 3. The molecule has 0 spiro atoms. The Balaban J connectivity index is 2.05. The van der Waals surface area contributed by atoms with Crippen LogP contribution in [0.15, 0.2) is 41.0 Å². The molecular formula is C14H14BrN3. The number of hydrogen-bond acceptors (Lipinski definition) is 1. The maximum absolute atomic E-state index is 4.38. The predicted molar refractivity (Wildman–Crippen MR) is 76.7 cm³/mol. The minimum Gasteiger partial charge on any atom is -0.341 e. The van der Waals surface area contributed by atoms with Crippen LogP contribution in [0, 0.1) is 6.92 Å². The summed E-state index contributed by atoms with van der Waals surface area (Å²) in [6.07, 6.45) is 2.12. The number of halogens is 1. The average Bonchev–Trinajstić information content (AvgIpc) is 2.84. The molecule has 0 fully saturated rings. The molecule has 0 bridgehead atoms. The summed E-state index contributed by atoms with van der Waals surface area (Å²) in [6.45, 7) is 2.87. The van der Waals surface area contributed by atoms with Crippen LogP contribution in [0.3, 0.4) is 0 Å². The molecule has 0 unspecified atom stereocenters. The fourth-order valence-electron chi connectivity index (χ4n) is 2.28. The van der Waals surface area contributed by atoms with Crippen LogP contribution in [0.25, 0.3) is 10.9 Å². The summed E-state index contributed by atoms with van der Waals surface area (Å²) in [5, 5.41) is 5.64. The molecule has 0 atom stereocenters. The Morgan fingerprint density at radius 1 is 1.22 bits per heavy atom. The van der Waals surface area contributed by atoms with Crippen molar-refractivity contribution in [2.45, 2.75) is 13.5 Å². The molecule has 0 saturated carbocycles. The Morgan fingerprint density at radius 3 is 2.78 bits per heavy atom. The third-order valence-corrected chi connectivity index (χ3v) is 3.66. The van der Waals surface area contributed by atoms with Crippen LogP contribution < -0.4 is 0 Å². The molecule has 18 heavy (non-hydrogen) atoms. The molecule has 2 aromatic heterocycles. The van der Waals surface area contributed by atoms with E-state index in [1.54, 1.807) is 0 Å². The lowest BCUT2D eigenvalue weighted by atomic mass is 10.2. The molecule has 3 aromatic rings. The largest absolute Gasteiger partial charge is 0.341 e. The molecule has 0 amide bonds. The third-order valence-electron chi connectivity index (χ3n) is 3.17. The van der Waals surface area contributed by atoms with E-state index in [1.807, 2.05) is 18.7 Å². The quantitative estimate of drug-likeness (QED) is 0.710. The van der Waals surface area contributed by atoms with Crippen LogP contribution in [0.1, 0.15) is 11.4 Å². The summed E-state index contributed by atoms with van der Waals surface area (Å²) in [5.74, 6) is 0. The smallest absolute Gasteiger partial charge is 0.0645 e. The lowest BCUT2D eigenvalue weighted by Crippen LogP contribution is -2.04. The molecule has 92 valence electrons. The Labute approximate surface area is 114 Å². The zero-order chi connectivity index (χ0) is 12.7. The number of fused-ring (bicyclic) bond motifs is 1. The van der Waals surface area contributed by atoms with E-state index < -0.39 is 0 Å². The fourth-order valence-corrected chi connectivity index (χ4v) is 2.63. The monoisotopic (exact) mass is 303 g/mol. The van der Waals surface area contributed by atoms with Gasteiger partial charge >= 0.3 is 0 Å². The summed E-state index contributed by atoms with van der Waals surface area (Å²) in [5.41, 5.74) is 3.51. The zero-order valence-corrected chi connectivity index (χ0v) is 12.0. The van der Waals surface area contributed by atoms with Gasteiger partial charge in [-0.15, -0.1) is 0 Å². The van der Waals surface area contributed by atoms with Crippen molar-refractivity contribution in [1.29, 1.82) is 0 Å². The molecule has 0 aliphatic carbocycles. The lowest BCUT2D eigenvalue weighted by Gasteiger charge is -2.06. The Bertz CT molecular complexity index is 709. The highest BCUT2D eigenvalue weighted by Gasteiger charge is 2.06. The van der Waals surface area contributed by atoms with Crippen LogP contribution in [-0.4, -0.2) is 14.3 Å². The predicted octanol–water partition coefficient (Wildman–Crippen LogP) is 3.49. The van der Waals surface area contributed by atoms with Gasteiger partial charge < -0.3 is 4.57 Å². The van der Waals surface area contributed by atoms with Gasteiger partial charge in [-0.05, 0) is 36.6 Å². The molecule has 3 rings (SSSR count). The molecule has 0 radical (unpaired) electrons. The van der Waals surface area contributed by atoms with Crippen molar-refractivity contribution in [2.75, 3.05) is 0 Å². The van der Waals surface area contributed by atoms with Crippen molar-refractivity contribution in [1.82, 2.24) is 14.3 Å². The minimum atomic E-state index is 0.845. The Morgan fingerprint density at radius 2 is 2.06 bits per heavy atom. The van der Waals surface area contributed by atoms with Crippen molar-refractivity contribution < 1.29 is 0 Å². The van der Waals surface area contributed by atoms with Gasteiger partial charge in [-0.3, -0.25) is 4.68 Å². The molecule has 0 N–H and O–H groups in total. The van der Waals surface area contributed by atoms with Crippen LogP contribution in [0.5, 0.6) is 0 Å². The molecular weight excluding hydrogens is 290 g/mol. The van der Waals surface area contributed by atoms with Crippen molar-refractivity contribution in [3.8, 4) is 0 Å². The van der Waals surface area contributed by atoms with Gasteiger partial charge in [0.2, 0.25) is 0 Å². The first kappa shape index (κ1) is 11.5. The highest BCUT2D eigenvalue weighted by molar-refractivity contribution is 9.10. The first-order chi connectivity index (χ1) is 8.63. The van der Waals surface area contributed by atoms with Crippen LogP contribution in [0.4, 0.5) is 0 Å². The average molecular weight is 304 g/mol. The zero-order valence-electron chi connectivity index (χ0n) is 10.4. The normalized spacial score (nSPS) is 11.3. The van der Waals surface area contributed by atoms with E-state index in [0.717, 1.165) is 16.7 Å². The third kappa shape index (κ3) is 1.97. The van der Waals surface area contributed by atoms with Gasteiger partial charge in [-0.2, -0.15) is 5.10 Å². The van der Waals surface area contributed by atoms with Crippen molar-refractivity contribution in [2.24, 2.45) is 7.05 Å². The lowest BCUT2D eigenvalue weighted by molar-refractivity contribution is 0.673. The number of rotatable bonds is 2. The second kappa shape index (κ2) is 4.28. The van der Waals surface area contributed by atoms with Gasteiger partial charge in [-0.25, -0.2) is 0 Å². The summed E-state index contributed by atoms with van der Waals surface area (Å²) in [4.78, 5) is 0. The maximum atomic E-state index is 4.38. The first-order valence-electron chi connectivity index (χ1n) is 5.87. The molecule has 0 aliphatic rings. The van der Waals surface area contributed by atoms with Gasteiger partial charge in [0.1, 0.15) is 0 Å². The van der Waals surface area contributed by atoms with E-state index in [2.05, 4.69) is 62.1 Å². The van der Waals surface area contributed by atoms with E-state index in [-0.39, 0.29) is 0 Å². The van der Waals surface area contributed by atoms with Crippen LogP contribution in [0.2, 0.25) is 0 Å². The summed E-state index contributed by atoms with van der Waals surface area (Å²) >= 11 is 3.52. The number of benzene rings is 1. The fraction of sp³-hybridized carbons (Fsp3) is 0.214. The molecule has 0 saturated heterocycles. The van der Waals surface area contributed by atoms with Crippen molar-refractivity contribution in [3.63, 3.8) is 0 Å². The topological polar surface area (TPSA) is 22.8 Å². The van der Waals surface area contributed by atoms with Crippen molar-refractivity contribution >= 4 is 26.8 Å². The van der Waals surface area contributed by atoms with Crippen LogP contribution >= 0.6 is 15.9 Å². The van der Waals surface area contributed by atoms with Crippen LogP contribution in [-0.2, 0) is 13.6 Å². The van der Waals surface area contributed by atoms with Gasteiger partial charge in [0.05, 0.1) is 17.9 Å². The highest BCUT2D eigenvalue weighted by Crippen LogP contribution is 2.21. The van der Waals surface area contributed by atoms with E-state index in [0.29, 0.717) is 0 Å². The number of aryl methyl sites for hydroxylation is 2. The van der Waals surface area contributed by atoms with E-state index in [4.69, 9.17) is 0 Å². The van der Waals surface area contributed by atoms with E-state index in [9.17, 15) is 0 Å². The van der Waals surface area contributed by atoms with Gasteiger partial charge in [0.25, 0.3) is 0 Å². The van der Waals surface area contributed by atoms with Gasteiger partial charge in [0.15, 0.2) is 0 Å². The molecule has 0 aliphatic heterocycles. The van der Waals surface area contributed by atoms with Gasteiger partial charge in [0, 0.05) is 23.2 Å². The summed E-state index contributed by atoms with van der Waals surface area (Å²) < 4.78 is 5.30. The Hall–Kier alpha value is -1.55. The summed E-state index contributed by atoms with van der Waals surface area (Å²) in [7, 11) is 1.99. The maximum Gasteiger partial charge on any atom is 0.0645 e. The Kier molecular flexibility index (Phi) is 2.74. The first-order valence-corrected chi connectivity index (χ1v) is 6.67. The highest BCUT2D eigenvalue weighted by atomic mass is 79.9. The van der Waals surface area contributed by atoms with Crippen molar-refractivity contribution in [3.05, 3.63) is 52.4 Å². The molecule has 3 nitrogen and oxygen atoms in total. The molecule has 1 aromatic carbocycles. The van der Waals surface area contributed by atoms with Gasteiger partial charge in [-0.1, -0.05) is 22.0 Å². The van der Waals surface area contributed by atoms with E-state index >= 15 is 0 Å². The SMILES string of the molecule is Cc1cc(Cn2ccc3ccc(Br)cc32)n(C)n1. The number of nitrogens with zero attached hydrogens (tertiary/aromatic N) is 3. The minimum absolute atomic E-state index is 0.845. The summed E-state index contributed by atoms with van der Waals surface area (Å²) in [6, 6.07) is 10.6. The standard InChI is InChI=1S/C14H14BrN3/c1-10-7-13(17(2)16-10)9-18-6-5-11-3-4-12(15)8-14(11)18/h3-8H,9H2,1-2H3. The molecule has 4 heteroatoms. The molecule has 2 heterocycles. The van der Waals surface area contributed by atoms with E-state index in [1.165, 1.54) is 16.6 Å².